The van der Waals surface area contributed by atoms with E-state index in [0.717, 1.165) is 48.9 Å². The van der Waals surface area contributed by atoms with E-state index in [1.165, 1.54) is 0 Å². The molecule has 14 heteroatoms. The van der Waals surface area contributed by atoms with E-state index in [1.54, 1.807) is 0 Å². The summed E-state index contributed by atoms with van der Waals surface area (Å²) < 4.78 is 4.46. The molecule has 2 aromatic rings. The molecule has 0 spiro atoms. The second kappa shape index (κ2) is 9.06. The SMILES string of the molecule is BC(B)(B)c1cc2cnc(NC3C(B)(B)CN(SC)CC3(B)B)nc2n(C2CCCC2C)c1=O. The van der Waals surface area contributed by atoms with Crippen LogP contribution in [0.2, 0.25) is 10.4 Å². The van der Waals surface area contributed by atoms with Gasteiger partial charge in [0.25, 0.3) is 5.56 Å². The fraction of sp³-hybridized carbons (Fsp3) is 0.650. The van der Waals surface area contributed by atoms with Crippen LogP contribution in [0.5, 0.6) is 0 Å². The summed E-state index contributed by atoms with van der Waals surface area (Å²) in [6, 6.07) is 2.42. The third-order valence-electron chi connectivity index (χ3n) is 7.99. The van der Waals surface area contributed by atoms with Crippen LogP contribution in [0, 0.1) is 5.92 Å². The first-order valence-electron chi connectivity index (χ1n) is 12.7. The lowest BCUT2D eigenvalue weighted by atomic mass is 9.36. The number of nitrogens with one attached hydrogen (secondary N) is 1. The minimum Gasteiger partial charge on any atom is -0.353 e. The average molecular weight is 470 g/mol. The minimum atomic E-state index is -0.231. The maximum absolute atomic E-state index is 13.8. The molecule has 0 aromatic carbocycles. The second-order valence-corrected chi connectivity index (χ2v) is 13.8. The van der Waals surface area contributed by atoms with E-state index in [4.69, 9.17) is 9.97 Å². The lowest BCUT2D eigenvalue weighted by molar-refractivity contribution is 0.314. The van der Waals surface area contributed by atoms with Crippen molar-refractivity contribution in [3.63, 3.8) is 0 Å². The topological polar surface area (TPSA) is 63.1 Å². The smallest absolute Gasteiger partial charge is 0.254 e. The molecule has 2 aromatic heterocycles. The maximum atomic E-state index is 13.8. The van der Waals surface area contributed by atoms with Gasteiger partial charge in [0.05, 0.1) is 23.5 Å². The van der Waals surface area contributed by atoms with Crippen LogP contribution in [0.1, 0.15) is 37.8 Å². The van der Waals surface area contributed by atoms with Crippen LogP contribution in [0.15, 0.2) is 17.1 Å². The maximum Gasteiger partial charge on any atom is 0.254 e. The number of rotatable bonds is 5. The molecule has 2 fully saturated rings. The molecule has 1 N–H and O–H groups in total. The molecule has 6 nitrogen and oxygen atoms in total. The molecule has 34 heavy (non-hydrogen) atoms. The highest BCUT2D eigenvalue weighted by Crippen LogP contribution is 2.45. The highest BCUT2D eigenvalue weighted by Gasteiger charge is 2.46. The van der Waals surface area contributed by atoms with Gasteiger partial charge in [-0.2, -0.15) is 4.98 Å². The first-order valence-corrected chi connectivity index (χ1v) is 13.9. The highest BCUT2D eigenvalue weighted by molar-refractivity contribution is 7.96. The zero-order chi connectivity index (χ0) is 25.1. The standard InChI is InChI=1S/C20H36B7N5OS/c1-10-4-3-5-13(10)32-14-11(6-12(15(32)33)20(25,26)27)7-28-17(29-14)30-16-18(21,22)8-31(34-2)9-19(16,23)24/h6-7,10,13,16H,3-5,8-9,21-27H2,1-2H3,(H,28,29,30). The molecule has 2 atom stereocenters. The van der Waals surface area contributed by atoms with Gasteiger partial charge < -0.3 is 5.32 Å². The van der Waals surface area contributed by atoms with Gasteiger partial charge in [-0.25, -0.2) is 4.98 Å². The van der Waals surface area contributed by atoms with Crippen LogP contribution in [-0.4, -0.2) is 99.2 Å². The molecule has 174 valence electrons. The van der Waals surface area contributed by atoms with Crippen LogP contribution < -0.4 is 10.9 Å². The Morgan fingerprint density at radius 1 is 1.15 bits per heavy atom. The lowest BCUT2D eigenvalue weighted by Crippen LogP contribution is -2.58. The van der Waals surface area contributed by atoms with Crippen LogP contribution in [-0.2, 0) is 5.11 Å². The lowest BCUT2D eigenvalue weighted by Gasteiger charge is -2.53. The Balaban J connectivity index is 1.82. The molecular formula is C20H36B7N5OS. The van der Waals surface area contributed by atoms with Gasteiger partial charge in [-0.05, 0) is 31.1 Å². The summed E-state index contributed by atoms with van der Waals surface area (Å²) in [5.74, 6) is 1.09. The first kappa shape index (κ1) is 25.9. The summed E-state index contributed by atoms with van der Waals surface area (Å²) >= 11 is 1.82. The summed E-state index contributed by atoms with van der Waals surface area (Å²) in [5.41, 5.74) is 1.72. The zero-order valence-corrected chi connectivity index (χ0v) is 23.3. The van der Waals surface area contributed by atoms with Crippen molar-refractivity contribution in [1.29, 1.82) is 0 Å². The van der Waals surface area contributed by atoms with Crippen molar-refractivity contribution < 1.29 is 0 Å². The summed E-state index contributed by atoms with van der Waals surface area (Å²) in [4.78, 5) is 23.6. The van der Waals surface area contributed by atoms with Crippen molar-refractivity contribution in [3.05, 3.63) is 28.2 Å². The number of fused-ring (bicyclic) bond motifs is 1. The summed E-state index contributed by atoms with van der Waals surface area (Å²) in [6.07, 6.45) is 7.41. The molecule has 0 bridgehead atoms. The molecule has 2 unspecified atom stereocenters. The molecule has 1 aliphatic carbocycles. The number of anilines is 1. The Kier molecular flexibility index (Phi) is 6.91. The second-order valence-electron chi connectivity index (χ2n) is 13.0. The van der Waals surface area contributed by atoms with Crippen molar-refractivity contribution in [2.75, 3.05) is 24.7 Å². The minimum absolute atomic E-state index is 0.0405. The van der Waals surface area contributed by atoms with Gasteiger partial charge in [0.1, 0.15) is 37.0 Å². The largest absolute Gasteiger partial charge is 0.353 e. The van der Waals surface area contributed by atoms with Crippen LogP contribution in [0.3, 0.4) is 0 Å². The molecule has 3 heterocycles. The number of pyridine rings is 1. The number of nitrogens with zero attached hydrogens (tertiary/aromatic N) is 4. The van der Waals surface area contributed by atoms with E-state index < -0.39 is 0 Å². The van der Waals surface area contributed by atoms with Gasteiger partial charge in [0.2, 0.25) is 5.95 Å². The summed E-state index contributed by atoms with van der Waals surface area (Å²) in [6.45, 7) is 4.27. The monoisotopic (exact) mass is 471 g/mol. The predicted molar refractivity (Wildman–Crippen MR) is 165 cm³/mol. The number of hydrogen-bond acceptors (Lipinski definition) is 6. The third-order valence-corrected chi connectivity index (χ3v) is 8.77. The van der Waals surface area contributed by atoms with E-state index in [1.807, 2.05) is 28.8 Å². The molecule has 1 aliphatic heterocycles. The van der Waals surface area contributed by atoms with Crippen molar-refractivity contribution in [2.45, 2.75) is 53.8 Å². The van der Waals surface area contributed by atoms with E-state index in [2.05, 4.69) is 77.7 Å². The molecule has 0 amide bonds. The first-order chi connectivity index (χ1) is 15.7. The Hall–Kier alpha value is -1.15. The van der Waals surface area contributed by atoms with Gasteiger partial charge in [-0.3, -0.25) is 13.7 Å². The molecular weight excluding hydrogens is 434 g/mol. The fourth-order valence-corrected chi connectivity index (χ4v) is 7.32. The average Bonchev–Trinajstić information content (AvgIpc) is 3.14. The highest BCUT2D eigenvalue weighted by atomic mass is 32.2. The molecule has 1 saturated heterocycles. The Morgan fingerprint density at radius 3 is 2.32 bits per heavy atom. The van der Waals surface area contributed by atoms with E-state index >= 15 is 0 Å². The van der Waals surface area contributed by atoms with Crippen LogP contribution in [0.25, 0.3) is 11.0 Å². The predicted octanol–water partition coefficient (Wildman–Crippen LogP) is -3.70. The normalized spacial score (nSPS) is 25.5. The third kappa shape index (κ3) is 4.78. The Bertz CT molecular complexity index is 1120. The fourth-order valence-electron chi connectivity index (χ4n) is 6.40. The van der Waals surface area contributed by atoms with Gasteiger partial charge in [-0.1, -0.05) is 40.8 Å². The van der Waals surface area contributed by atoms with Crippen molar-refractivity contribution in [3.8, 4) is 0 Å². The van der Waals surface area contributed by atoms with Crippen LogP contribution in [0.4, 0.5) is 5.95 Å². The van der Waals surface area contributed by atoms with Crippen molar-refractivity contribution >= 4 is 83.9 Å². The quantitative estimate of drug-likeness (QED) is 0.359. The van der Waals surface area contributed by atoms with Gasteiger partial charge in [0, 0.05) is 42.3 Å². The van der Waals surface area contributed by atoms with Gasteiger partial charge in [-0.15, -0.1) is 0 Å². The molecule has 2 aliphatic rings. The van der Waals surface area contributed by atoms with Crippen LogP contribution >= 0.6 is 11.9 Å². The number of aromatic nitrogens is 3. The molecule has 4 rings (SSSR count). The van der Waals surface area contributed by atoms with E-state index in [9.17, 15) is 4.79 Å². The van der Waals surface area contributed by atoms with Crippen molar-refractivity contribution in [2.24, 2.45) is 5.92 Å². The number of piperidine rings is 1. The molecule has 0 radical (unpaired) electrons. The number of hydrogen-bond donors (Lipinski definition) is 1. The Morgan fingerprint density at radius 2 is 1.79 bits per heavy atom. The van der Waals surface area contributed by atoms with Crippen molar-refractivity contribution in [1.82, 2.24) is 18.8 Å². The van der Waals surface area contributed by atoms with E-state index in [0.29, 0.717) is 11.9 Å². The van der Waals surface area contributed by atoms with E-state index in [-0.39, 0.29) is 33.2 Å². The summed E-state index contributed by atoms with van der Waals surface area (Å²) in [7, 11) is 15.6. The Labute approximate surface area is 215 Å². The molecule has 1 saturated carbocycles. The summed E-state index contributed by atoms with van der Waals surface area (Å²) in [5, 5.41) is 4.52. The zero-order valence-electron chi connectivity index (χ0n) is 22.5. The van der Waals surface area contributed by atoms with Gasteiger partial charge in [0.15, 0.2) is 0 Å². The van der Waals surface area contributed by atoms with Gasteiger partial charge >= 0.3 is 0 Å².